The molecule has 20 heavy (non-hydrogen) atoms. The van der Waals surface area contributed by atoms with Crippen LogP contribution >= 0.6 is 0 Å². The van der Waals surface area contributed by atoms with E-state index in [0.29, 0.717) is 0 Å². The van der Waals surface area contributed by atoms with Crippen LogP contribution in [0.5, 0.6) is 0 Å². The van der Waals surface area contributed by atoms with Crippen LogP contribution in [0.15, 0.2) is 12.2 Å². The molecule has 0 saturated carbocycles. The fraction of sp³-hybridized carbons (Fsp3) is 0.615. The SMILES string of the molecule is COC(=O)CNC(=O)C=C[C@@H](N)CC(=O)OC(C)(C)C. The van der Waals surface area contributed by atoms with Crippen LogP contribution < -0.4 is 11.1 Å². The van der Waals surface area contributed by atoms with E-state index in [1.54, 1.807) is 20.8 Å². The lowest BCUT2D eigenvalue weighted by Crippen LogP contribution is -2.30. The highest BCUT2D eigenvalue weighted by Gasteiger charge is 2.17. The first-order valence-corrected chi connectivity index (χ1v) is 6.14. The summed E-state index contributed by atoms with van der Waals surface area (Å²) in [5, 5.41) is 2.31. The molecule has 3 N–H and O–H groups in total. The van der Waals surface area contributed by atoms with Crippen molar-refractivity contribution >= 4 is 17.8 Å². The number of esters is 2. The molecule has 1 atom stereocenters. The second kappa shape index (κ2) is 8.31. The van der Waals surface area contributed by atoms with Gasteiger partial charge in [-0.15, -0.1) is 0 Å². The summed E-state index contributed by atoms with van der Waals surface area (Å²) in [6.45, 7) is 5.05. The third-order valence-corrected chi connectivity index (χ3v) is 1.95. The van der Waals surface area contributed by atoms with Crippen molar-refractivity contribution in [3.63, 3.8) is 0 Å². The van der Waals surface area contributed by atoms with Crippen molar-refractivity contribution < 1.29 is 23.9 Å². The number of rotatable bonds is 6. The van der Waals surface area contributed by atoms with Crippen LogP contribution in [-0.4, -0.2) is 43.1 Å². The molecule has 0 radical (unpaired) electrons. The van der Waals surface area contributed by atoms with Crippen LogP contribution in [0.25, 0.3) is 0 Å². The molecule has 7 heteroatoms. The lowest BCUT2D eigenvalue weighted by molar-refractivity contribution is -0.155. The molecule has 0 aromatic carbocycles. The van der Waals surface area contributed by atoms with Crippen molar-refractivity contribution in [2.75, 3.05) is 13.7 Å². The first-order chi connectivity index (χ1) is 9.14. The fourth-order valence-corrected chi connectivity index (χ4v) is 1.15. The number of ether oxygens (including phenoxy) is 2. The number of amides is 1. The van der Waals surface area contributed by atoms with E-state index in [0.717, 1.165) is 6.08 Å². The van der Waals surface area contributed by atoms with Gasteiger partial charge in [-0.05, 0) is 20.8 Å². The molecule has 0 spiro atoms. The van der Waals surface area contributed by atoms with Gasteiger partial charge in [0.1, 0.15) is 12.1 Å². The third kappa shape index (κ3) is 10.1. The maximum Gasteiger partial charge on any atom is 0.325 e. The van der Waals surface area contributed by atoms with Crippen LogP contribution in [0.3, 0.4) is 0 Å². The molecule has 0 aliphatic carbocycles. The molecular weight excluding hydrogens is 264 g/mol. The minimum absolute atomic E-state index is 0.0297. The van der Waals surface area contributed by atoms with Crippen LogP contribution in [-0.2, 0) is 23.9 Å². The average molecular weight is 286 g/mol. The normalized spacial score (nSPS) is 12.8. The van der Waals surface area contributed by atoms with Gasteiger partial charge in [-0.2, -0.15) is 0 Å². The Morgan fingerprint density at radius 3 is 2.35 bits per heavy atom. The van der Waals surface area contributed by atoms with Gasteiger partial charge in [-0.3, -0.25) is 14.4 Å². The van der Waals surface area contributed by atoms with E-state index < -0.39 is 29.5 Å². The van der Waals surface area contributed by atoms with Gasteiger partial charge >= 0.3 is 11.9 Å². The van der Waals surface area contributed by atoms with Gasteiger partial charge in [0.15, 0.2) is 0 Å². The first-order valence-electron chi connectivity index (χ1n) is 6.14. The van der Waals surface area contributed by atoms with E-state index in [-0.39, 0.29) is 13.0 Å². The van der Waals surface area contributed by atoms with Gasteiger partial charge in [-0.1, -0.05) is 6.08 Å². The first kappa shape index (κ1) is 18.1. The van der Waals surface area contributed by atoms with Crippen LogP contribution in [0.2, 0.25) is 0 Å². The van der Waals surface area contributed by atoms with Crippen LogP contribution in [0.4, 0.5) is 0 Å². The molecule has 0 bridgehead atoms. The van der Waals surface area contributed by atoms with Crippen molar-refractivity contribution in [1.82, 2.24) is 5.32 Å². The number of hydrogen-bond acceptors (Lipinski definition) is 6. The number of nitrogens with two attached hydrogens (primary N) is 1. The second-order valence-corrected chi connectivity index (χ2v) is 5.11. The number of methoxy groups -OCH3 is 1. The monoisotopic (exact) mass is 286 g/mol. The summed E-state index contributed by atoms with van der Waals surface area (Å²) in [5.41, 5.74) is 5.09. The van der Waals surface area contributed by atoms with E-state index in [4.69, 9.17) is 10.5 Å². The van der Waals surface area contributed by atoms with Gasteiger partial charge in [0.05, 0.1) is 13.5 Å². The number of hydrogen-bond donors (Lipinski definition) is 2. The molecule has 0 heterocycles. The smallest absolute Gasteiger partial charge is 0.325 e. The molecule has 114 valence electrons. The van der Waals surface area contributed by atoms with Gasteiger partial charge in [0.25, 0.3) is 0 Å². The third-order valence-electron chi connectivity index (χ3n) is 1.95. The average Bonchev–Trinajstić information content (AvgIpc) is 2.30. The van der Waals surface area contributed by atoms with Crippen molar-refractivity contribution in [2.24, 2.45) is 5.73 Å². The lowest BCUT2D eigenvalue weighted by Gasteiger charge is -2.20. The molecule has 0 aromatic heterocycles. The zero-order valence-electron chi connectivity index (χ0n) is 12.3. The Morgan fingerprint density at radius 2 is 1.85 bits per heavy atom. The Balaban J connectivity index is 4.09. The van der Waals surface area contributed by atoms with E-state index in [1.807, 2.05) is 0 Å². The Bertz CT molecular complexity index is 385. The largest absolute Gasteiger partial charge is 0.468 e. The predicted molar refractivity (Wildman–Crippen MR) is 72.6 cm³/mol. The van der Waals surface area contributed by atoms with E-state index in [1.165, 1.54) is 13.2 Å². The molecule has 0 unspecified atom stereocenters. The summed E-state index contributed by atoms with van der Waals surface area (Å²) in [6.07, 6.45) is 2.51. The number of carbonyl (C=O) groups excluding carboxylic acids is 3. The number of nitrogens with one attached hydrogen (secondary N) is 1. The predicted octanol–water partition coefficient (Wildman–Crippen LogP) is -0.109. The minimum atomic E-state index is -0.631. The minimum Gasteiger partial charge on any atom is -0.468 e. The molecule has 0 saturated heterocycles. The van der Waals surface area contributed by atoms with Gasteiger partial charge in [0.2, 0.25) is 5.91 Å². The molecule has 0 aromatic rings. The molecule has 0 fully saturated rings. The van der Waals surface area contributed by atoms with E-state index in [2.05, 4.69) is 10.1 Å². The van der Waals surface area contributed by atoms with Crippen LogP contribution in [0.1, 0.15) is 27.2 Å². The standard InChI is InChI=1S/C13H22N2O5/c1-13(2,3)20-11(17)7-9(14)5-6-10(16)15-8-12(18)19-4/h5-6,9H,7-8,14H2,1-4H3,(H,15,16)/t9-/m1/s1. The van der Waals surface area contributed by atoms with Gasteiger partial charge in [0, 0.05) is 12.1 Å². The molecular formula is C13H22N2O5. The highest BCUT2D eigenvalue weighted by molar-refractivity contribution is 5.90. The zero-order chi connectivity index (χ0) is 15.8. The number of carbonyl (C=O) groups is 3. The van der Waals surface area contributed by atoms with Crippen molar-refractivity contribution in [3.8, 4) is 0 Å². The summed E-state index contributed by atoms with van der Waals surface area (Å²) in [6, 6.07) is -0.631. The highest BCUT2D eigenvalue weighted by Crippen LogP contribution is 2.09. The zero-order valence-corrected chi connectivity index (χ0v) is 12.3. The Kier molecular flexibility index (Phi) is 7.53. The van der Waals surface area contributed by atoms with Crippen molar-refractivity contribution in [3.05, 3.63) is 12.2 Å². The quantitative estimate of drug-likeness (QED) is 0.521. The van der Waals surface area contributed by atoms with Crippen LogP contribution in [0, 0.1) is 0 Å². The van der Waals surface area contributed by atoms with Crippen molar-refractivity contribution in [2.45, 2.75) is 38.8 Å². The van der Waals surface area contributed by atoms with E-state index in [9.17, 15) is 14.4 Å². The Labute approximate surface area is 118 Å². The molecule has 0 aliphatic rings. The maximum absolute atomic E-state index is 11.5. The summed E-state index contributed by atoms with van der Waals surface area (Å²) in [7, 11) is 1.22. The molecule has 1 amide bonds. The molecule has 7 nitrogen and oxygen atoms in total. The summed E-state index contributed by atoms with van der Waals surface area (Å²) >= 11 is 0. The topological polar surface area (TPSA) is 108 Å². The van der Waals surface area contributed by atoms with Gasteiger partial charge < -0.3 is 20.5 Å². The second-order valence-electron chi connectivity index (χ2n) is 5.11. The Hall–Kier alpha value is -1.89. The Morgan fingerprint density at radius 1 is 1.25 bits per heavy atom. The lowest BCUT2D eigenvalue weighted by atomic mass is 10.1. The molecule has 0 aliphatic heterocycles. The van der Waals surface area contributed by atoms with Gasteiger partial charge in [-0.25, -0.2) is 0 Å². The van der Waals surface area contributed by atoms with E-state index >= 15 is 0 Å². The molecule has 0 rings (SSSR count). The summed E-state index contributed by atoms with van der Waals surface area (Å²) < 4.78 is 9.46. The summed E-state index contributed by atoms with van der Waals surface area (Å²) in [5.74, 6) is -1.48. The van der Waals surface area contributed by atoms with Crippen molar-refractivity contribution in [1.29, 1.82) is 0 Å². The highest BCUT2D eigenvalue weighted by atomic mass is 16.6. The maximum atomic E-state index is 11.5. The fourth-order valence-electron chi connectivity index (χ4n) is 1.15. The summed E-state index contributed by atoms with van der Waals surface area (Å²) in [4.78, 5) is 33.6.